The molecule has 1 saturated carbocycles. The zero-order valence-electron chi connectivity index (χ0n) is 10.2. The Morgan fingerprint density at radius 3 is 2.36 bits per heavy atom. The Hall–Kier alpha value is -0.0400. The molecule has 0 aromatic heterocycles. The van der Waals surface area contributed by atoms with Crippen molar-refractivity contribution in [2.75, 3.05) is 7.05 Å². The zero-order chi connectivity index (χ0) is 10.4. The van der Waals surface area contributed by atoms with E-state index < -0.39 is 0 Å². The third-order valence-electron chi connectivity index (χ3n) is 3.56. The van der Waals surface area contributed by atoms with Gasteiger partial charge in [0.15, 0.2) is 0 Å². The van der Waals surface area contributed by atoms with E-state index in [1.165, 1.54) is 44.9 Å². The molecule has 0 amide bonds. The van der Waals surface area contributed by atoms with Crippen LogP contribution in [0.25, 0.3) is 0 Å². The quantitative estimate of drug-likeness (QED) is 0.686. The van der Waals surface area contributed by atoms with Crippen molar-refractivity contribution in [3.05, 3.63) is 0 Å². The van der Waals surface area contributed by atoms with Crippen molar-refractivity contribution in [3.63, 3.8) is 0 Å². The Bertz CT molecular complexity index is 136. The van der Waals surface area contributed by atoms with Crippen molar-refractivity contribution in [1.82, 2.24) is 5.32 Å². The maximum atomic E-state index is 3.46. The molecule has 1 nitrogen and oxygen atoms in total. The normalized spacial score (nSPS) is 20.6. The van der Waals surface area contributed by atoms with Gasteiger partial charge >= 0.3 is 0 Å². The summed E-state index contributed by atoms with van der Waals surface area (Å²) >= 11 is 0. The van der Waals surface area contributed by atoms with Gasteiger partial charge < -0.3 is 5.32 Å². The second-order valence-corrected chi connectivity index (χ2v) is 5.34. The fourth-order valence-electron chi connectivity index (χ4n) is 2.69. The second-order valence-electron chi connectivity index (χ2n) is 5.34. The van der Waals surface area contributed by atoms with Crippen molar-refractivity contribution < 1.29 is 0 Å². The maximum absolute atomic E-state index is 3.46. The van der Waals surface area contributed by atoms with Crippen LogP contribution in [0.2, 0.25) is 0 Å². The third kappa shape index (κ3) is 4.45. The van der Waals surface area contributed by atoms with Gasteiger partial charge in [0.1, 0.15) is 0 Å². The van der Waals surface area contributed by atoms with Crippen LogP contribution < -0.4 is 5.32 Å². The van der Waals surface area contributed by atoms with Gasteiger partial charge in [-0.25, -0.2) is 0 Å². The summed E-state index contributed by atoms with van der Waals surface area (Å²) in [6.45, 7) is 4.64. The monoisotopic (exact) mass is 197 g/mol. The van der Waals surface area contributed by atoms with Crippen molar-refractivity contribution in [2.24, 2.45) is 11.8 Å². The van der Waals surface area contributed by atoms with E-state index in [0.717, 1.165) is 17.9 Å². The van der Waals surface area contributed by atoms with E-state index in [1.54, 1.807) is 0 Å². The molecule has 1 rings (SSSR count). The van der Waals surface area contributed by atoms with E-state index >= 15 is 0 Å². The molecule has 0 saturated heterocycles. The van der Waals surface area contributed by atoms with E-state index in [2.05, 4.69) is 26.2 Å². The molecule has 0 bridgehead atoms. The summed E-state index contributed by atoms with van der Waals surface area (Å²) in [6, 6.07) is 0.760. The highest BCUT2D eigenvalue weighted by atomic mass is 14.9. The largest absolute Gasteiger partial charge is 0.317 e. The lowest BCUT2D eigenvalue weighted by Crippen LogP contribution is -2.27. The van der Waals surface area contributed by atoms with E-state index in [9.17, 15) is 0 Å². The van der Waals surface area contributed by atoms with Crippen LogP contribution in [0.5, 0.6) is 0 Å². The van der Waals surface area contributed by atoms with Gasteiger partial charge in [0.2, 0.25) is 0 Å². The molecule has 0 aromatic carbocycles. The zero-order valence-corrected chi connectivity index (χ0v) is 10.2. The Morgan fingerprint density at radius 2 is 1.86 bits per heavy atom. The molecule has 0 radical (unpaired) electrons. The van der Waals surface area contributed by atoms with Crippen LogP contribution in [0.1, 0.15) is 58.8 Å². The lowest BCUT2D eigenvalue weighted by molar-refractivity contribution is 0.374. The van der Waals surface area contributed by atoms with Crippen molar-refractivity contribution in [2.45, 2.75) is 64.8 Å². The molecule has 0 aliphatic heterocycles. The summed E-state index contributed by atoms with van der Waals surface area (Å²) in [5.41, 5.74) is 0. The van der Waals surface area contributed by atoms with Gasteiger partial charge in [-0.3, -0.25) is 0 Å². The van der Waals surface area contributed by atoms with Gasteiger partial charge in [-0.1, -0.05) is 39.5 Å². The molecule has 1 atom stereocenters. The molecule has 1 aliphatic carbocycles. The predicted octanol–water partition coefficient (Wildman–Crippen LogP) is 3.59. The first-order valence-electron chi connectivity index (χ1n) is 6.39. The first kappa shape index (κ1) is 12.0. The molecule has 1 heteroatoms. The molecule has 84 valence electrons. The van der Waals surface area contributed by atoms with Crippen LogP contribution in [-0.4, -0.2) is 13.1 Å². The Kier molecular flexibility index (Phi) is 5.54. The van der Waals surface area contributed by atoms with Crippen molar-refractivity contribution in [1.29, 1.82) is 0 Å². The average Bonchev–Trinajstić information content (AvgIpc) is 2.64. The van der Waals surface area contributed by atoms with E-state index in [1.807, 2.05) is 0 Å². The van der Waals surface area contributed by atoms with Crippen LogP contribution in [0.3, 0.4) is 0 Å². The van der Waals surface area contributed by atoms with Crippen molar-refractivity contribution in [3.8, 4) is 0 Å². The molecule has 14 heavy (non-hydrogen) atoms. The molecule has 1 N–H and O–H groups in total. The number of hydrogen-bond acceptors (Lipinski definition) is 1. The molecule has 0 aromatic rings. The first-order valence-corrected chi connectivity index (χ1v) is 6.39. The highest BCUT2D eigenvalue weighted by Crippen LogP contribution is 2.29. The van der Waals surface area contributed by atoms with E-state index in [-0.39, 0.29) is 0 Å². The number of rotatable bonds is 6. The Balaban J connectivity index is 2.12. The summed E-state index contributed by atoms with van der Waals surface area (Å²) in [5, 5.41) is 3.46. The highest BCUT2D eigenvalue weighted by molar-refractivity contribution is 4.72. The minimum Gasteiger partial charge on any atom is -0.317 e. The van der Waals surface area contributed by atoms with Crippen LogP contribution in [0, 0.1) is 11.8 Å². The topological polar surface area (TPSA) is 12.0 Å². The number of nitrogens with one attached hydrogen (secondary N) is 1. The van der Waals surface area contributed by atoms with Gasteiger partial charge in [-0.2, -0.15) is 0 Å². The first-order chi connectivity index (χ1) is 6.72. The summed E-state index contributed by atoms with van der Waals surface area (Å²) in [7, 11) is 2.11. The van der Waals surface area contributed by atoms with E-state index in [0.29, 0.717) is 0 Å². The Labute approximate surface area is 89.7 Å². The van der Waals surface area contributed by atoms with Crippen LogP contribution >= 0.6 is 0 Å². The number of hydrogen-bond donors (Lipinski definition) is 1. The smallest absolute Gasteiger partial charge is 0.00666 e. The van der Waals surface area contributed by atoms with E-state index in [4.69, 9.17) is 0 Å². The van der Waals surface area contributed by atoms with Crippen LogP contribution in [0.4, 0.5) is 0 Å². The van der Waals surface area contributed by atoms with Gasteiger partial charge in [-0.15, -0.1) is 0 Å². The van der Waals surface area contributed by atoms with Gasteiger partial charge in [0, 0.05) is 6.04 Å². The maximum Gasteiger partial charge on any atom is 0.00666 e. The molecular weight excluding hydrogens is 170 g/mol. The molecular formula is C13H27N. The summed E-state index contributed by atoms with van der Waals surface area (Å²) in [4.78, 5) is 0. The summed E-state index contributed by atoms with van der Waals surface area (Å²) in [6.07, 6.45) is 10.1. The van der Waals surface area contributed by atoms with Crippen LogP contribution in [0.15, 0.2) is 0 Å². The summed E-state index contributed by atoms with van der Waals surface area (Å²) < 4.78 is 0. The third-order valence-corrected chi connectivity index (χ3v) is 3.56. The fraction of sp³-hybridized carbons (Fsp3) is 1.00. The average molecular weight is 197 g/mol. The van der Waals surface area contributed by atoms with Gasteiger partial charge in [-0.05, 0) is 38.1 Å². The lowest BCUT2D eigenvalue weighted by atomic mass is 9.94. The van der Waals surface area contributed by atoms with Crippen LogP contribution in [-0.2, 0) is 0 Å². The molecule has 0 heterocycles. The van der Waals surface area contributed by atoms with Gasteiger partial charge in [0.05, 0.1) is 0 Å². The minimum atomic E-state index is 0.760. The highest BCUT2D eigenvalue weighted by Gasteiger charge is 2.17. The minimum absolute atomic E-state index is 0.760. The lowest BCUT2D eigenvalue weighted by Gasteiger charge is -2.20. The second kappa shape index (κ2) is 6.44. The SMILES string of the molecule is CNC(CCC1CCCC1)CC(C)C. The predicted molar refractivity (Wildman–Crippen MR) is 63.5 cm³/mol. The fourth-order valence-corrected chi connectivity index (χ4v) is 2.69. The Morgan fingerprint density at radius 1 is 1.21 bits per heavy atom. The molecule has 1 fully saturated rings. The summed E-state index contributed by atoms with van der Waals surface area (Å²) in [5.74, 6) is 1.88. The standard InChI is InChI=1S/C13H27N/c1-11(2)10-13(14-3)9-8-12-6-4-5-7-12/h11-14H,4-10H2,1-3H3. The molecule has 1 aliphatic rings. The molecule has 1 unspecified atom stereocenters. The molecule has 0 spiro atoms. The van der Waals surface area contributed by atoms with Crippen molar-refractivity contribution >= 4 is 0 Å². The van der Waals surface area contributed by atoms with Gasteiger partial charge in [0.25, 0.3) is 0 Å².